The number of urea groups is 1. The summed E-state index contributed by atoms with van der Waals surface area (Å²) in [7, 11) is 1.23. The van der Waals surface area contributed by atoms with E-state index in [2.05, 4.69) is 5.32 Å². The first-order valence-electron chi connectivity index (χ1n) is 16.2. The van der Waals surface area contributed by atoms with Crippen LogP contribution in [0.2, 0.25) is 0 Å². The summed E-state index contributed by atoms with van der Waals surface area (Å²) in [6, 6.07) is 13.8. The number of carbonyl (C=O) groups is 5. The topological polar surface area (TPSA) is 157 Å². The van der Waals surface area contributed by atoms with Crippen LogP contribution in [0.15, 0.2) is 54.6 Å². The van der Waals surface area contributed by atoms with Crippen LogP contribution >= 0.6 is 0 Å². The van der Waals surface area contributed by atoms with Gasteiger partial charge in [0.2, 0.25) is 5.91 Å². The Morgan fingerprint density at radius 2 is 1.55 bits per heavy atom. The molecular weight excluding hydrogens is 604 g/mol. The minimum atomic E-state index is -1.45. The van der Waals surface area contributed by atoms with Gasteiger partial charge in [0.05, 0.1) is 13.7 Å². The largest absolute Gasteiger partial charge is 0.480 e. The first-order chi connectivity index (χ1) is 22.5. The van der Waals surface area contributed by atoms with Crippen molar-refractivity contribution in [2.45, 2.75) is 75.7 Å². The van der Waals surface area contributed by atoms with Gasteiger partial charge in [0, 0.05) is 18.6 Å². The molecule has 5 amide bonds. The molecule has 4 saturated carbocycles. The van der Waals surface area contributed by atoms with Gasteiger partial charge in [0.25, 0.3) is 5.91 Å². The molecule has 0 aromatic heterocycles. The molecule has 0 radical (unpaired) electrons. The highest BCUT2D eigenvalue weighted by molar-refractivity contribution is 6.09. The Morgan fingerprint density at radius 1 is 0.957 bits per heavy atom. The van der Waals surface area contributed by atoms with Crippen molar-refractivity contribution in [3.05, 3.63) is 71.3 Å². The molecule has 12 heteroatoms. The van der Waals surface area contributed by atoms with Crippen LogP contribution in [0, 0.1) is 17.8 Å². The Balaban J connectivity index is 1.21. The fourth-order valence-corrected chi connectivity index (χ4v) is 8.96. The highest BCUT2D eigenvalue weighted by atomic mass is 16.5. The molecule has 3 N–H and O–H groups in total. The second kappa shape index (κ2) is 12.6. The third-order valence-corrected chi connectivity index (χ3v) is 10.8. The predicted octanol–water partition coefficient (Wildman–Crippen LogP) is 3.47. The van der Waals surface area contributed by atoms with Gasteiger partial charge in [-0.2, -0.15) is 0 Å². The third-order valence-electron chi connectivity index (χ3n) is 10.8. The first-order valence-corrected chi connectivity index (χ1v) is 16.2. The summed E-state index contributed by atoms with van der Waals surface area (Å²) in [5.74, 6) is -1.32. The van der Waals surface area contributed by atoms with E-state index in [-0.39, 0.29) is 13.2 Å². The Kier molecular flexibility index (Phi) is 8.73. The van der Waals surface area contributed by atoms with Crippen molar-refractivity contribution in [3.8, 4) is 0 Å². The normalized spacial score (nSPS) is 28.4. The SMILES string of the molecule is COC(=O)N([C@@H](CNC(=O)CN1C(=O)N(Cc2ccccc2)[C@@](C)(c2ccc(CO)cc2)C1=O)C(=O)O)C12CC3CC(CC(C3)C1)C2. The number of aliphatic hydroxyl groups excluding tert-OH is 1. The summed E-state index contributed by atoms with van der Waals surface area (Å²) in [6.45, 7) is 0.506. The fraction of sp³-hybridized carbons (Fsp3) is 0.514. The van der Waals surface area contributed by atoms with Gasteiger partial charge in [-0.15, -0.1) is 0 Å². The molecule has 5 aliphatic rings. The van der Waals surface area contributed by atoms with Gasteiger partial charge >= 0.3 is 18.1 Å². The predicted molar refractivity (Wildman–Crippen MR) is 168 cm³/mol. The van der Waals surface area contributed by atoms with Crippen molar-refractivity contribution < 1.29 is 38.9 Å². The van der Waals surface area contributed by atoms with E-state index in [1.54, 1.807) is 31.2 Å². The van der Waals surface area contributed by atoms with Crippen molar-refractivity contribution in [2.24, 2.45) is 17.8 Å². The molecule has 2 aromatic carbocycles. The molecule has 1 aliphatic heterocycles. The van der Waals surface area contributed by atoms with E-state index >= 15 is 0 Å². The zero-order valence-electron chi connectivity index (χ0n) is 26.8. The fourth-order valence-electron chi connectivity index (χ4n) is 8.96. The second-order valence-electron chi connectivity index (χ2n) is 13.8. The van der Waals surface area contributed by atoms with Crippen molar-refractivity contribution in [2.75, 3.05) is 20.2 Å². The number of carboxylic acid groups (broad SMARTS) is 1. The molecule has 4 aliphatic carbocycles. The number of hydrogen-bond acceptors (Lipinski definition) is 7. The number of methoxy groups -OCH3 is 1. The van der Waals surface area contributed by atoms with Crippen molar-refractivity contribution in [1.29, 1.82) is 0 Å². The molecule has 1 heterocycles. The first kappa shape index (κ1) is 32.5. The maximum absolute atomic E-state index is 14.0. The van der Waals surface area contributed by atoms with Crippen LogP contribution in [0.4, 0.5) is 9.59 Å². The summed E-state index contributed by atoms with van der Waals surface area (Å²) in [4.78, 5) is 70.8. The summed E-state index contributed by atoms with van der Waals surface area (Å²) in [5, 5.41) is 22.5. The van der Waals surface area contributed by atoms with Crippen LogP contribution in [0.5, 0.6) is 0 Å². The van der Waals surface area contributed by atoms with Crippen LogP contribution in [0.1, 0.15) is 62.1 Å². The Labute approximate surface area is 273 Å². The van der Waals surface area contributed by atoms with Crippen LogP contribution in [-0.4, -0.2) is 86.6 Å². The van der Waals surface area contributed by atoms with Gasteiger partial charge in [-0.05, 0) is 79.9 Å². The van der Waals surface area contributed by atoms with E-state index in [0.29, 0.717) is 48.1 Å². The van der Waals surface area contributed by atoms with Crippen molar-refractivity contribution in [3.63, 3.8) is 0 Å². The maximum Gasteiger partial charge on any atom is 0.410 e. The molecule has 4 bridgehead atoms. The second-order valence-corrected chi connectivity index (χ2v) is 13.8. The number of benzene rings is 2. The molecule has 7 rings (SSSR count). The van der Waals surface area contributed by atoms with Gasteiger partial charge in [0.1, 0.15) is 12.1 Å². The van der Waals surface area contributed by atoms with Gasteiger partial charge in [-0.3, -0.25) is 19.4 Å². The summed E-state index contributed by atoms with van der Waals surface area (Å²) < 4.78 is 5.11. The summed E-state index contributed by atoms with van der Waals surface area (Å²) in [5.41, 5.74) is -0.160. The number of carboxylic acids is 1. The molecule has 47 heavy (non-hydrogen) atoms. The summed E-state index contributed by atoms with van der Waals surface area (Å²) in [6.07, 6.45) is 4.65. The molecule has 0 unspecified atom stereocenters. The zero-order valence-corrected chi connectivity index (χ0v) is 26.8. The van der Waals surface area contributed by atoms with Crippen LogP contribution in [-0.2, 0) is 37.8 Å². The van der Waals surface area contributed by atoms with Crippen molar-refractivity contribution >= 4 is 29.9 Å². The van der Waals surface area contributed by atoms with Crippen LogP contribution in [0.25, 0.3) is 0 Å². The maximum atomic E-state index is 14.0. The lowest BCUT2D eigenvalue weighted by atomic mass is 9.52. The van der Waals surface area contributed by atoms with E-state index in [1.807, 2.05) is 30.3 Å². The van der Waals surface area contributed by atoms with Crippen LogP contribution in [0.3, 0.4) is 0 Å². The number of aliphatic carboxylic acids is 1. The molecule has 2 aromatic rings. The van der Waals surface area contributed by atoms with E-state index < -0.39 is 60.1 Å². The number of ether oxygens (including phenoxy) is 1. The standard InChI is InChI=1S/C35H42N4O8/c1-34(27-10-8-23(21-40)9-11-27)31(44)37(32(45)38(34)19-22-6-4-3-5-7-22)20-29(41)36-18-28(30(42)43)39(33(46)47-2)35-15-24-12-25(16-35)14-26(13-24)17-35/h3-11,24-26,28,40H,12-21H2,1-2H3,(H,36,41)(H,42,43)/t24?,25?,26?,28-,34-,35?/m0/s1. The molecule has 12 nitrogen and oxygen atoms in total. The van der Waals surface area contributed by atoms with Gasteiger partial charge < -0.3 is 25.2 Å². The summed E-state index contributed by atoms with van der Waals surface area (Å²) >= 11 is 0. The smallest absolute Gasteiger partial charge is 0.410 e. The van der Waals surface area contributed by atoms with Crippen molar-refractivity contribution in [1.82, 2.24) is 20.0 Å². The molecule has 250 valence electrons. The lowest BCUT2D eigenvalue weighted by Gasteiger charge is -2.60. The molecule has 0 spiro atoms. The average Bonchev–Trinajstić information content (AvgIpc) is 3.22. The number of carbonyl (C=O) groups excluding carboxylic acids is 4. The Hall–Kier alpha value is -4.45. The lowest BCUT2D eigenvalue weighted by molar-refractivity contribution is -0.151. The van der Waals surface area contributed by atoms with Gasteiger partial charge in [0.15, 0.2) is 6.04 Å². The minimum Gasteiger partial charge on any atom is -0.480 e. The average molecular weight is 647 g/mol. The minimum absolute atomic E-state index is 0.0992. The van der Waals surface area contributed by atoms with E-state index in [1.165, 1.54) is 16.9 Å². The third kappa shape index (κ3) is 5.83. The van der Waals surface area contributed by atoms with E-state index in [4.69, 9.17) is 4.74 Å². The van der Waals surface area contributed by atoms with Gasteiger partial charge in [-0.1, -0.05) is 54.6 Å². The quantitative estimate of drug-likeness (QED) is 0.314. The number of aliphatic hydroxyl groups is 1. The number of rotatable bonds is 11. The van der Waals surface area contributed by atoms with E-state index in [9.17, 15) is 34.2 Å². The van der Waals surface area contributed by atoms with Crippen LogP contribution < -0.4 is 5.32 Å². The zero-order chi connectivity index (χ0) is 33.5. The number of nitrogens with one attached hydrogen (secondary N) is 1. The molecular formula is C35H42N4O8. The Morgan fingerprint density at radius 3 is 2.09 bits per heavy atom. The lowest BCUT2D eigenvalue weighted by Crippen LogP contribution is -2.67. The number of imide groups is 1. The highest BCUT2D eigenvalue weighted by Crippen LogP contribution is 2.58. The number of nitrogens with zero attached hydrogens (tertiary/aromatic N) is 3. The number of hydrogen-bond donors (Lipinski definition) is 3. The monoisotopic (exact) mass is 646 g/mol. The molecule has 1 saturated heterocycles. The number of amides is 5. The van der Waals surface area contributed by atoms with Gasteiger partial charge in [-0.25, -0.2) is 14.4 Å². The Bertz CT molecular complexity index is 1510. The highest BCUT2D eigenvalue weighted by Gasteiger charge is 2.58. The molecule has 5 fully saturated rings. The molecule has 2 atom stereocenters. The van der Waals surface area contributed by atoms with E-state index in [0.717, 1.165) is 29.7 Å².